The molecule has 1 amide bonds. The number of hydrogen-bond donors (Lipinski definition) is 3. The molecule has 12 heteroatoms. The maximum absolute atomic E-state index is 14.4. The van der Waals surface area contributed by atoms with Gasteiger partial charge in [0.2, 0.25) is 5.90 Å². The van der Waals surface area contributed by atoms with Gasteiger partial charge in [-0.1, -0.05) is 87.2 Å². The van der Waals surface area contributed by atoms with Crippen LogP contribution in [0.2, 0.25) is 5.02 Å². The number of hydrogen-bond acceptors (Lipinski definition) is 7. The van der Waals surface area contributed by atoms with Crippen LogP contribution in [0, 0.1) is 0 Å². The lowest BCUT2D eigenvalue weighted by Crippen LogP contribution is -2.53. The van der Waals surface area contributed by atoms with Crippen LogP contribution in [-0.4, -0.2) is 35.7 Å². The summed E-state index contributed by atoms with van der Waals surface area (Å²) in [4.78, 5) is 22.4. The topological polar surface area (TPSA) is 141 Å². The number of carbonyl (C=O) groups is 1. The van der Waals surface area contributed by atoms with Gasteiger partial charge in [-0.15, -0.1) is 0 Å². The van der Waals surface area contributed by atoms with Gasteiger partial charge in [0.15, 0.2) is 11.6 Å². The molecule has 45 heavy (non-hydrogen) atoms. The van der Waals surface area contributed by atoms with E-state index in [0.29, 0.717) is 40.6 Å². The second kappa shape index (κ2) is 15.1. The summed E-state index contributed by atoms with van der Waals surface area (Å²) in [6.07, 6.45) is -0.261. The van der Waals surface area contributed by atoms with E-state index in [1.165, 1.54) is 0 Å². The number of rotatable bonds is 13. The monoisotopic (exact) mass is 688 g/mol. The Morgan fingerprint density at radius 1 is 1.04 bits per heavy atom. The maximum Gasteiger partial charge on any atom is 0.266 e. The first kappa shape index (κ1) is 32.0. The molecule has 5 rings (SSSR count). The third-order valence-electron chi connectivity index (χ3n) is 7.25. The molecule has 2 atom stereocenters. The molecule has 4 aromatic rings. The maximum atomic E-state index is 14.4. The standard InChI is InChI=1S/C33H30BrClN6O4/c34-26-14-10-22(11-15-26)30-33(20-24-6-2-4-9-29(24)39-41-36,32(43)40-37-21-25-7-1-3-8-28(25)35)38-31(45-30)23-12-16-27(17-13-23)44-19-5-18-42/h1-4,6-17,30,37,42H,5,18-21H2,(H,40,43)/t30-,33-/m0/s1. The Morgan fingerprint density at radius 3 is 2.47 bits per heavy atom. The minimum absolute atomic E-state index is 0.0420. The van der Waals surface area contributed by atoms with E-state index in [1.54, 1.807) is 36.4 Å². The second-order valence-corrected chi connectivity index (χ2v) is 11.6. The van der Waals surface area contributed by atoms with E-state index >= 15 is 0 Å². The highest BCUT2D eigenvalue weighted by Crippen LogP contribution is 2.44. The van der Waals surface area contributed by atoms with Crippen molar-refractivity contribution in [3.8, 4) is 5.75 Å². The molecule has 1 aliphatic heterocycles. The smallest absolute Gasteiger partial charge is 0.266 e. The number of nitrogens with one attached hydrogen (secondary N) is 2. The molecule has 0 radical (unpaired) electrons. The SMILES string of the molecule is [N-]=[N+]=Nc1ccccc1C[C@]1(C(=O)NNCc2ccccc2Cl)N=C(c2ccc(OCCCO)cc2)O[C@H]1c1ccc(Br)cc1. The molecule has 10 nitrogen and oxygen atoms in total. The van der Waals surface area contributed by atoms with E-state index in [2.05, 4.69) is 36.8 Å². The molecule has 0 aliphatic carbocycles. The highest BCUT2D eigenvalue weighted by Gasteiger charge is 2.53. The van der Waals surface area contributed by atoms with Crippen molar-refractivity contribution in [2.24, 2.45) is 10.1 Å². The van der Waals surface area contributed by atoms with Crippen molar-refractivity contribution in [1.29, 1.82) is 0 Å². The number of hydrazine groups is 1. The third-order valence-corrected chi connectivity index (χ3v) is 8.14. The molecule has 1 heterocycles. The lowest BCUT2D eigenvalue weighted by molar-refractivity contribution is -0.130. The molecule has 0 saturated heterocycles. The Balaban J connectivity index is 1.56. The van der Waals surface area contributed by atoms with Crippen LogP contribution in [0.4, 0.5) is 5.69 Å². The van der Waals surface area contributed by atoms with Crippen LogP contribution in [0.3, 0.4) is 0 Å². The third kappa shape index (κ3) is 7.65. The fourth-order valence-electron chi connectivity index (χ4n) is 4.99. The fourth-order valence-corrected chi connectivity index (χ4v) is 5.45. The number of azide groups is 1. The van der Waals surface area contributed by atoms with Crippen molar-refractivity contribution in [3.05, 3.63) is 139 Å². The number of halogens is 2. The summed E-state index contributed by atoms with van der Waals surface area (Å²) < 4.78 is 13.1. The number of aliphatic hydroxyl groups is 1. The lowest BCUT2D eigenvalue weighted by Gasteiger charge is -2.31. The molecule has 0 saturated carbocycles. The first-order valence-electron chi connectivity index (χ1n) is 14.2. The van der Waals surface area contributed by atoms with Crippen LogP contribution in [0.25, 0.3) is 10.4 Å². The van der Waals surface area contributed by atoms with E-state index in [4.69, 9.17) is 31.2 Å². The molecule has 4 aromatic carbocycles. The molecular formula is C33H30BrClN6O4. The van der Waals surface area contributed by atoms with Gasteiger partial charge in [0.1, 0.15) is 5.75 Å². The number of nitrogens with zero attached hydrogens (tertiary/aromatic N) is 4. The average molecular weight is 690 g/mol. The first-order valence-corrected chi connectivity index (χ1v) is 15.4. The van der Waals surface area contributed by atoms with E-state index in [-0.39, 0.29) is 25.5 Å². The fraction of sp³-hybridized carbons (Fsp3) is 0.212. The Labute approximate surface area is 273 Å². The van der Waals surface area contributed by atoms with Crippen molar-refractivity contribution >= 4 is 45.0 Å². The van der Waals surface area contributed by atoms with Crippen molar-refractivity contribution in [2.75, 3.05) is 13.2 Å². The zero-order valence-electron chi connectivity index (χ0n) is 24.1. The van der Waals surface area contributed by atoms with Crippen LogP contribution >= 0.6 is 27.5 Å². The summed E-state index contributed by atoms with van der Waals surface area (Å²) in [5, 5.41) is 13.5. The van der Waals surface area contributed by atoms with Crippen LogP contribution in [0.1, 0.15) is 34.8 Å². The van der Waals surface area contributed by atoms with Crippen LogP contribution < -0.4 is 15.6 Å². The summed E-state index contributed by atoms with van der Waals surface area (Å²) in [5.41, 5.74) is 16.8. The van der Waals surface area contributed by atoms with Gasteiger partial charge in [-0.3, -0.25) is 10.2 Å². The van der Waals surface area contributed by atoms with E-state index < -0.39 is 17.6 Å². The zero-order chi connectivity index (χ0) is 31.6. The van der Waals surface area contributed by atoms with E-state index in [1.807, 2.05) is 60.7 Å². The summed E-state index contributed by atoms with van der Waals surface area (Å²) in [7, 11) is 0. The van der Waals surface area contributed by atoms with Crippen molar-refractivity contribution < 1.29 is 19.4 Å². The zero-order valence-corrected chi connectivity index (χ0v) is 26.4. The Morgan fingerprint density at radius 2 is 1.76 bits per heavy atom. The molecular weight excluding hydrogens is 660 g/mol. The van der Waals surface area contributed by atoms with E-state index in [0.717, 1.165) is 15.6 Å². The van der Waals surface area contributed by atoms with Gasteiger partial charge in [-0.05, 0) is 64.7 Å². The van der Waals surface area contributed by atoms with Crippen molar-refractivity contribution in [2.45, 2.75) is 31.0 Å². The molecule has 230 valence electrons. The minimum Gasteiger partial charge on any atom is -0.494 e. The summed E-state index contributed by atoms with van der Waals surface area (Å²) in [6.45, 7) is 0.698. The summed E-state index contributed by atoms with van der Waals surface area (Å²) in [6, 6.07) is 29.1. The number of aliphatic imine (C=N–C) groups is 1. The van der Waals surface area contributed by atoms with Gasteiger partial charge in [0, 0.05) is 51.7 Å². The normalized spacial score (nSPS) is 17.1. The van der Waals surface area contributed by atoms with Gasteiger partial charge >= 0.3 is 0 Å². The Hall–Kier alpha value is -4.38. The Bertz CT molecular complexity index is 1710. The van der Waals surface area contributed by atoms with Gasteiger partial charge in [0.05, 0.1) is 6.61 Å². The largest absolute Gasteiger partial charge is 0.494 e. The molecule has 0 spiro atoms. The predicted molar refractivity (Wildman–Crippen MR) is 176 cm³/mol. The molecule has 1 aliphatic rings. The summed E-state index contributed by atoms with van der Waals surface area (Å²) >= 11 is 9.83. The first-order chi connectivity index (χ1) is 21.9. The molecule has 0 fully saturated rings. The number of amides is 1. The Kier molecular flexibility index (Phi) is 10.7. The second-order valence-electron chi connectivity index (χ2n) is 10.2. The van der Waals surface area contributed by atoms with Crippen molar-refractivity contribution in [3.63, 3.8) is 0 Å². The van der Waals surface area contributed by atoms with E-state index in [9.17, 15) is 10.3 Å². The highest BCUT2D eigenvalue weighted by molar-refractivity contribution is 9.10. The molecule has 0 unspecified atom stereocenters. The molecule has 0 bridgehead atoms. The van der Waals surface area contributed by atoms with Gasteiger partial charge in [-0.2, -0.15) is 0 Å². The number of benzene rings is 4. The van der Waals surface area contributed by atoms with Gasteiger partial charge in [-0.25, -0.2) is 10.4 Å². The molecule has 3 N–H and O–H groups in total. The lowest BCUT2D eigenvalue weighted by atomic mass is 9.81. The summed E-state index contributed by atoms with van der Waals surface area (Å²) in [5.74, 6) is 0.454. The van der Waals surface area contributed by atoms with Crippen molar-refractivity contribution in [1.82, 2.24) is 10.9 Å². The van der Waals surface area contributed by atoms with Gasteiger partial charge in [0.25, 0.3) is 5.91 Å². The predicted octanol–water partition coefficient (Wildman–Crippen LogP) is 7.13. The van der Waals surface area contributed by atoms with Crippen LogP contribution in [0.5, 0.6) is 5.75 Å². The number of ether oxygens (including phenoxy) is 2. The number of carbonyl (C=O) groups excluding carboxylic acids is 1. The van der Waals surface area contributed by atoms with Crippen LogP contribution in [0.15, 0.2) is 112 Å². The number of aliphatic hydroxyl groups excluding tert-OH is 1. The van der Waals surface area contributed by atoms with Crippen LogP contribution in [-0.2, 0) is 22.5 Å². The molecule has 0 aromatic heterocycles. The minimum atomic E-state index is -1.52. The average Bonchev–Trinajstić information content (AvgIpc) is 3.44. The van der Waals surface area contributed by atoms with Gasteiger partial charge < -0.3 is 14.6 Å². The quantitative estimate of drug-likeness (QED) is 0.0451. The highest BCUT2D eigenvalue weighted by atomic mass is 79.9.